The van der Waals surface area contributed by atoms with E-state index in [0.29, 0.717) is 19.5 Å². The molecule has 1 saturated heterocycles. The van der Waals surface area contributed by atoms with Gasteiger partial charge in [0.2, 0.25) is 0 Å². The Morgan fingerprint density at radius 3 is 2.54 bits per heavy atom. The highest BCUT2D eigenvalue weighted by molar-refractivity contribution is 5.51. The molecule has 1 unspecified atom stereocenters. The molecule has 1 atom stereocenters. The number of piperidine rings is 1. The minimum atomic E-state index is -4.53. The second-order valence-corrected chi connectivity index (χ2v) is 6.55. The van der Waals surface area contributed by atoms with Gasteiger partial charge in [0.25, 0.3) is 0 Å². The molecule has 28 heavy (non-hydrogen) atoms. The van der Waals surface area contributed by atoms with Gasteiger partial charge < -0.3 is 15.0 Å². The van der Waals surface area contributed by atoms with Gasteiger partial charge in [0.1, 0.15) is 11.3 Å². The third kappa shape index (κ3) is 4.99. The van der Waals surface area contributed by atoms with Gasteiger partial charge in [-0.3, -0.25) is 0 Å². The smallest absolute Gasteiger partial charge is 0.420 e. The number of aryl methyl sites for hydroxylation is 1. The summed E-state index contributed by atoms with van der Waals surface area (Å²) in [5.41, 5.74) is 0.124. The SMILES string of the molecule is Cc1cc(C(F)(F)F)c(NC2CCCN(c3ccc(OC(F)F)cc3)C2)nn1. The van der Waals surface area contributed by atoms with Crippen LogP contribution in [-0.2, 0) is 6.18 Å². The molecule has 1 aromatic carbocycles. The molecule has 1 aliphatic heterocycles. The van der Waals surface area contributed by atoms with Gasteiger partial charge >= 0.3 is 12.8 Å². The van der Waals surface area contributed by atoms with E-state index in [-0.39, 0.29) is 23.3 Å². The van der Waals surface area contributed by atoms with Gasteiger partial charge in [0.15, 0.2) is 5.82 Å². The van der Waals surface area contributed by atoms with Crippen molar-refractivity contribution < 1.29 is 26.7 Å². The molecular formula is C18H19F5N4O. The van der Waals surface area contributed by atoms with Gasteiger partial charge in [-0.2, -0.15) is 27.1 Å². The number of hydrogen-bond acceptors (Lipinski definition) is 5. The highest BCUT2D eigenvalue weighted by Gasteiger charge is 2.36. The standard InChI is InChI=1S/C18H19F5N4O/c1-11-9-15(18(21,22)23)16(26-25-11)24-12-3-2-8-27(10-12)13-4-6-14(7-5-13)28-17(19)20/h4-7,9,12,17H,2-3,8,10H2,1H3,(H,24,26). The molecular weight excluding hydrogens is 383 g/mol. The molecule has 0 spiro atoms. The third-order valence-electron chi connectivity index (χ3n) is 4.41. The van der Waals surface area contributed by atoms with Crippen molar-refractivity contribution in [3.63, 3.8) is 0 Å². The van der Waals surface area contributed by atoms with Crippen LogP contribution in [0.5, 0.6) is 5.75 Å². The maximum atomic E-state index is 13.3. The van der Waals surface area contributed by atoms with Crippen LogP contribution in [0.2, 0.25) is 0 Å². The van der Waals surface area contributed by atoms with Crippen molar-refractivity contribution in [2.24, 2.45) is 0 Å². The number of hydrogen-bond donors (Lipinski definition) is 1. The van der Waals surface area contributed by atoms with Crippen LogP contribution in [0.3, 0.4) is 0 Å². The molecule has 0 aliphatic carbocycles. The number of benzene rings is 1. The molecule has 3 rings (SSSR count). The molecule has 0 amide bonds. The fourth-order valence-electron chi connectivity index (χ4n) is 3.17. The summed E-state index contributed by atoms with van der Waals surface area (Å²) in [6.45, 7) is -0.288. The molecule has 1 N–H and O–H groups in total. The monoisotopic (exact) mass is 402 g/mol. The molecule has 0 bridgehead atoms. The van der Waals surface area contributed by atoms with E-state index in [0.717, 1.165) is 18.2 Å². The van der Waals surface area contributed by atoms with Crippen molar-refractivity contribution in [1.29, 1.82) is 0 Å². The lowest BCUT2D eigenvalue weighted by Gasteiger charge is -2.35. The number of anilines is 2. The van der Waals surface area contributed by atoms with Crippen molar-refractivity contribution in [3.05, 3.63) is 41.6 Å². The van der Waals surface area contributed by atoms with Gasteiger partial charge in [0.05, 0.1) is 5.69 Å². The summed E-state index contributed by atoms with van der Waals surface area (Å²) in [7, 11) is 0. The van der Waals surface area contributed by atoms with Crippen molar-refractivity contribution in [2.75, 3.05) is 23.3 Å². The Morgan fingerprint density at radius 1 is 1.18 bits per heavy atom. The number of rotatable bonds is 5. The summed E-state index contributed by atoms with van der Waals surface area (Å²) in [5.74, 6) is -0.235. The summed E-state index contributed by atoms with van der Waals surface area (Å²) >= 11 is 0. The lowest BCUT2D eigenvalue weighted by atomic mass is 10.0. The molecule has 2 aromatic rings. The first-order chi connectivity index (χ1) is 13.2. The molecule has 1 fully saturated rings. The number of halogens is 5. The van der Waals surface area contributed by atoms with Gasteiger partial charge in [-0.1, -0.05) is 0 Å². The Hall–Kier alpha value is -2.65. The molecule has 0 radical (unpaired) electrons. The predicted octanol–water partition coefficient (Wildman–Crippen LogP) is 4.49. The number of aromatic nitrogens is 2. The molecule has 1 aromatic heterocycles. The van der Waals surface area contributed by atoms with E-state index in [4.69, 9.17) is 0 Å². The van der Waals surface area contributed by atoms with Crippen LogP contribution in [0.4, 0.5) is 33.5 Å². The van der Waals surface area contributed by atoms with Gasteiger partial charge in [-0.05, 0) is 50.1 Å². The van der Waals surface area contributed by atoms with E-state index < -0.39 is 18.4 Å². The van der Waals surface area contributed by atoms with Gasteiger partial charge in [0, 0.05) is 24.8 Å². The fraction of sp³-hybridized carbons (Fsp3) is 0.444. The Morgan fingerprint density at radius 2 is 1.89 bits per heavy atom. The largest absolute Gasteiger partial charge is 0.435 e. The van der Waals surface area contributed by atoms with E-state index in [1.54, 1.807) is 12.1 Å². The number of nitrogens with zero attached hydrogens (tertiary/aromatic N) is 3. The zero-order chi connectivity index (χ0) is 20.3. The summed E-state index contributed by atoms with van der Waals surface area (Å²) in [5, 5.41) is 10.3. The number of ether oxygens (including phenoxy) is 1. The fourth-order valence-corrected chi connectivity index (χ4v) is 3.17. The quantitative estimate of drug-likeness (QED) is 0.747. The Kier molecular flexibility index (Phi) is 5.85. The van der Waals surface area contributed by atoms with Crippen LogP contribution in [0.15, 0.2) is 30.3 Å². The normalized spacial score (nSPS) is 17.7. The Balaban J connectivity index is 1.71. The zero-order valence-electron chi connectivity index (χ0n) is 15.0. The van der Waals surface area contributed by atoms with Crippen LogP contribution < -0.4 is 15.0 Å². The second-order valence-electron chi connectivity index (χ2n) is 6.55. The van der Waals surface area contributed by atoms with Crippen LogP contribution >= 0.6 is 0 Å². The number of nitrogens with one attached hydrogen (secondary N) is 1. The highest BCUT2D eigenvalue weighted by atomic mass is 19.4. The molecule has 2 heterocycles. The maximum Gasteiger partial charge on any atom is 0.420 e. The first kappa shape index (κ1) is 20.1. The summed E-state index contributed by atoms with van der Waals surface area (Å²) < 4.78 is 68.6. The van der Waals surface area contributed by atoms with E-state index >= 15 is 0 Å². The third-order valence-corrected chi connectivity index (χ3v) is 4.41. The first-order valence-corrected chi connectivity index (χ1v) is 8.70. The summed E-state index contributed by atoms with van der Waals surface area (Å²) in [4.78, 5) is 1.97. The predicted molar refractivity (Wildman–Crippen MR) is 93.7 cm³/mol. The second kappa shape index (κ2) is 8.15. The Bertz CT molecular complexity index is 798. The lowest BCUT2D eigenvalue weighted by Crippen LogP contribution is -2.42. The molecule has 152 valence electrons. The van der Waals surface area contributed by atoms with Crippen LogP contribution in [-0.4, -0.2) is 35.9 Å². The molecule has 5 nitrogen and oxygen atoms in total. The van der Waals surface area contributed by atoms with E-state index in [1.807, 2.05) is 4.90 Å². The number of alkyl halides is 5. The van der Waals surface area contributed by atoms with Crippen molar-refractivity contribution in [3.8, 4) is 5.75 Å². The van der Waals surface area contributed by atoms with Crippen LogP contribution in [0, 0.1) is 6.92 Å². The average molecular weight is 402 g/mol. The van der Waals surface area contributed by atoms with Crippen molar-refractivity contribution >= 4 is 11.5 Å². The zero-order valence-corrected chi connectivity index (χ0v) is 15.0. The van der Waals surface area contributed by atoms with E-state index in [2.05, 4.69) is 20.3 Å². The van der Waals surface area contributed by atoms with Crippen molar-refractivity contribution in [1.82, 2.24) is 10.2 Å². The molecule has 0 saturated carbocycles. The maximum absolute atomic E-state index is 13.3. The summed E-state index contributed by atoms with van der Waals surface area (Å²) in [6, 6.07) is 6.87. The minimum Gasteiger partial charge on any atom is -0.435 e. The summed E-state index contributed by atoms with van der Waals surface area (Å²) in [6.07, 6.45) is -3.10. The lowest BCUT2D eigenvalue weighted by molar-refractivity contribution is -0.137. The molecule has 1 aliphatic rings. The Labute approximate surface area is 158 Å². The van der Waals surface area contributed by atoms with Crippen molar-refractivity contribution in [2.45, 2.75) is 38.6 Å². The van der Waals surface area contributed by atoms with E-state index in [1.165, 1.54) is 19.1 Å². The van der Waals surface area contributed by atoms with Crippen LogP contribution in [0.25, 0.3) is 0 Å². The van der Waals surface area contributed by atoms with E-state index in [9.17, 15) is 22.0 Å². The molecule has 10 heteroatoms. The first-order valence-electron chi connectivity index (χ1n) is 8.70. The average Bonchev–Trinajstić information content (AvgIpc) is 2.63. The van der Waals surface area contributed by atoms with Crippen LogP contribution in [0.1, 0.15) is 24.1 Å². The minimum absolute atomic E-state index is 0.0511. The van der Waals surface area contributed by atoms with Gasteiger partial charge in [-0.25, -0.2) is 0 Å². The van der Waals surface area contributed by atoms with Gasteiger partial charge in [-0.15, -0.1) is 5.10 Å². The topological polar surface area (TPSA) is 50.3 Å². The highest BCUT2D eigenvalue weighted by Crippen LogP contribution is 2.34.